The third-order valence-corrected chi connectivity index (χ3v) is 2.33. The number of para-hydroxylation sites is 1. The number of amides is 1. The van der Waals surface area contributed by atoms with E-state index in [0.29, 0.717) is 18.7 Å². The smallest absolute Gasteiger partial charge is 0.257 e. The summed E-state index contributed by atoms with van der Waals surface area (Å²) in [5, 5.41) is 10.9. The van der Waals surface area contributed by atoms with Crippen LogP contribution < -0.4 is 15.8 Å². The molecule has 5 heteroatoms. The molecular weight excluding hydrogens is 230 g/mol. The molecule has 96 valence electrons. The monoisotopic (exact) mass is 247 g/mol. The number of nitrogens with two attached hydrogens (primary N) is 1. The number of carbonyl (C=O) groups is 1. The first-order valence-corrected chi connectivity index (χ1v) is 5.76. The standard InChI is InChI=1S/C13H17N3O2/c1-10(15)11-5-2-3-6-12(11)18-9-13(17)16-8-4-7-14/h2-3,5-6,10H,4,8-9,15H2,1H3,(H,16,17)/t10-/m0/s1. The van der Waals surface area contributed by atoms with Gasteiger partial charge in [-0.25, -0.2) is 0 Å². The molecule has 0 aromatic heterocycles. The van der Waals surface area contributed by atoms with Gasteiger partial charge >= 0.3 is 0 Å². The van der Waals surface area contributed by atoms with E-state index in [2.05, 4.69) is 5.32 Å². The molecule has 0 aliphatic carbocycles. The highest BCUT2D eigenvalue weighted by atomic mass is 16.5. The Balaban J connectivity index is 2.48. The third kappa shape index (κ3) is 4.44. The predicted molar refractivity (Wildman–Crippen MR) is 67.8 cm³/mol. The molecule has 3 N–H and O–H groups in total. The number of rotatable bonds is 6. The highest BCUT2D eigenvalue weighted by molar-refractivity contribution is 5.77. The second-order valence-electron chi connectivity index (χ2n) is 3.87. The van der Waals surface area contributed by atoms with Crippen LogP contribution in [0.25, 0.3) is 0 Å². The Labute approximate surface area is 107 Å². The second kappa shape index (κ2) is 7.30. The van der Waals surface area contributed by atoms with Crippen LogP contribution in [0.4, 0.5) is 0 Å². The number of nitrogens with one attached hydrogen (secondary N) is 1. The summed E-state index contributed by atoms with van der Waals surface area (Å²) < 4.78 is 5.42. The van der Waals surface area contributed by atoms with Crippen LogP contribution in [-0.4, -0.2) is 19.1 Å². The average Bonchev–Trinajstić information content (AvgIpc) is 2.37. The van der Waals surface area contributed by atoms with Gasteiger partial charge in [-0.05, 0) is 13.0 Å². The van der Waals surface area contributed by atoms with Gasteiger partial charge in [0.15, 0.2) is 6.61 Å². The fourth-order valence-electron chi connectivity index (χ4n) is 1.44. The number of ether oxygens (including phenoxy) is 1. The summed E-state index contributed by atoms with van der Waals surface area (Å²) in [5.41, 5.74) is 6.67. The Bertz CT molecular complexity index is 438. The Kier molecular flexibility index (Phi) is 5.68. The van der Waals surface area contributed by atoms with Gasteiger partial charge in [0, 0.05) is 18.2 Å². The van der Waals surface area contributed by atoms with Crippen molar-refractivity contribution in [2.75, 3.05) is 13.2 Å². The molecule has 18 heavy (non-hydrogen) atoms. The molecule has 1 amide bonds. The van der Waals surface area contributed by atoms with Crippen LogP contribution in [0, 0.1) is 11.3 Å². The average molecular weight is 247 g/mol. The van der Waals surface area contributed by atoms with Gasteiger partial charge in [0.1, 0.15) is 5.75 Å². The Morgan fingerprint density at radius 3 is 2.94 bits per heavy atom. The maximum absolute atomic E-state index is 11.4. The largest absolute Gasteiger partial charge is 0.483 e. The van der Waals surface area contributed by atoms with Crippen molar-refractivity contribution in [2.24, 2.45) is 5.73 Å². The number of nitriles is 1. The molecule has 0 radical (unpaired) electrons. The fraction of sp³-hybridized carbons (Fsp3) is 0.385. The van der Waals surface area contributed by atoms with E-state index < -0.39 is 0 Å². The van der Waals surface area contributed by atoms with Gasteiger partial charge in [-0.1, -0.05) is 18.2 Å². The van der Waals surface area contributed by atoms with Crippen LogP contribution in [0.2, 0.25) is 0 Å². The van der Waals surface area contributed by atoms with Crippen molar-refractivity contribution in [1.82, 2.24) is 5.32 Å². The van der Waals surface area contributed by atoms with Gasteiger partial charge in [0.05, 0.1) is 12.5 Å². The van der Waals surface area contributed by atoms with Gasteiger partial charge in [0.2, 0.25) is 0 Å². The molecular formula is C13H17N3O2. The topological polar surface area (TPSA) is 88.1 Å². The van der Waals surface area contributed by atoms with Crippen LogP contribution in [0.3, 0.4) is 0 Å². The van der Waals surface area contributed by atoms with E-state index in [1.807, 2.05) is 31.2 Å². The summed E-state index contributed by atoms with van der Waals surface area (Å²) >= 11 is 0. The predicted octanol–water partition coefficient (Wildman–Crippen LogP) is 1.11. The third-order valence-electron chi connectivity index (χ3n) is 2.33. The zero-order valence-corrected chi connectivity index (χ0v) is 10.3. The van der Waals surface area contributed by atoms with E-state index in [-0.39, 0.29) is 18.6 Å². The maximum atomic E-state index is 11.4. The minimum atomic E-state index is -0.246. The minimum absolute atomic E-state index is 0.0742. The molecule has 1 aromatic rings. The molecule has 0 heterocycles. The number of hydrogen-bond donors (Lipinski definition) is 2. The zero-order chi connectivity index (χ0) is 13.4. The van der Waals surface area contributed by atoms with Crippen LogP contribution in [0.15, 0.2) is 24.3 Å². The quantitative estimate of drug-likeness (QED) is 0.737. The van der Waals surface area contributed by atoms with Crippen molar-refractivity contribution >= 4 is 5.91 Å². The van der Waals surface area contributed by atoms with E-state index in [9.17, 15) is 4.79 Å². The number of benzene rings is 1. The minimum Gasteiger partial charge on any atom is -0.483 e. The molecule has 0 saturated carbocycles. The van der Waals surface area contributed by atoms with Gasteiger partial charge in [-0.2, -0.15) is 5.26 Å². The molecule has 0 saturated heterocycles. The van der Waals surface area contributed by atoms with E-state index in [4.69, 9.17) is 15.7 Å². The number of nitrogens with zero attached hydrogens (tertiary/aromatic N) is 1. The van der Waals surface area contributed by atoms with E-state index in [0.717, 1.165) is 5.56 Å². The van der Waals surface area contributed by atoms with E-state index in [1.165, 1.54) is 0 Å². The molecule has 0 spiro atoms. The maximum Gasteiger partial charge on any atom is 0.257 e. The van der Waals surface area contributed by atoms with Crippen LogP contribution in [0.1, 0.15) is 24.9 Å². The van der Waals surface area contributed by atoms with Crippen molar-refractivity contribution in [3.63, 3.8) is 0 Å². The molecule has 5 nitrogen and oxygen atoms in total. The highest BCUT2D eigenvalue weighted by Crippen LogP contribution is 2.22. The first-order chi connectivity index (χ1) is 8.65. The Morgan fingerprint density at radius 2 is 2.28 bits per heavy atom. The lowest BCUT2D eigenvalue weighted by atomic mass is 10.1. The van der Waals surface area contributed by atoms with Gasteiger partial charge < -0.3 is 15.8 Å². The number of carbonyl (C=O) groups excluding carboxylic acids is 1. The first kappa shape index (κ1) is 14.0. The summed E-state index contributed by atoms with van der Waals surface area (Å²) in [7, 11) is 0. The summed E-state index contributed by atoms with van der Waals surface area (Å²) in [4.78, 5) is 11.4. The fourth-order valence-corrected chi connectivity index (χ4v) is 1.44. The molecule has 0 aliphatic rings. The molecule has 1 atom stereocenters. The van der Waals surface area contributed by atoms with Crippen molar-refractivity contribution in [3.05, 3.63) is 29.8 Å². The Morgan fingerprint density at radius 1 is 1.56 bits per heavy atom. The zero-order valence-electron chi connectivity index (χ0n) is 10.3. The lowest BCUT2D eigenvalue weighted by Gasteiger charge is -2.13. The van der Waals surface area contributed by atoms with E-state index in [1.54, 1.807) is 6.07 Å². The number of hydrogen-bond acceptors (Lipinski definition) is 4. The van der Waals surface area contributed by atoms with Crippen molar-refractivity contribution in [1.29, 1.82) is 5.26 Å². The normalized spacial score (nSPS) is 11.4. The summed E-state index contributed by atoms with van der Waals surface area (Å²) in [6, 6.07) is 9.15. The molecule has 0 unspecified atom stereocenters. The first-order valence-electron chi connectivity index (χ1n) is 5.76. The van der Waals surface area contributed by atoms with Crippen molar-refractivity contribution in [3.8, 4) is 11.8 Å². The lowest BCUT2D eigenvalue weighted by Crippen LogP contribution is -2.29. The molecule has 0 fully saturated rings. The van der Waals surface area contributed by atoms with Crippen molar-refractivity contribution < 1.29 is 9.53 Å². The van der Waals surface area contributed by atoms with Gasteiger partial charge in [-0.3, -0.25) is 4.79 Å². The van der Waals surface area contributed by atoms with Crippen LogP contribution in [-0.2, 0) is 4.79 Å². The Hall–Kier alpha value is -2.06. The van der Waals surface area contributed by atoms with Gasteiger partial charge in [-0.15, -0.1) is 0 Å². The molecule has 0 bridgehead atoms. The van der Waals surface area contributed by atoms with Crippen molar-refractivity contribution in [2.45, 2.75) is 19.4 Å². The highest BCUT2D eigenvalue weighted by Gasteiger charge is 2.08. The molecule has 1 rings (SSSR count). The van der Waals surface area contributed by atoms with Gasteiger partial charge in [0.25, 0.3) is 5.91 Å². The van der Waals surface area contributed by atoms with E-state index >= 15 is 0 Å². The lowest BCUT2D eigenvalue weighted by molar-refractivity contribution is -0.123. The summed E-state index contributed by atoms with van der Waals surface area (Å²) in [5.74, 6) is 0.368. The molecule has 0 aliphatic heterocycles. The SMILES string of the molecule is C[C@H](N)c1ccccc1OCC(=O)NCCC#N. The summed E-state index contributed by atoms with van der Waals surface area (Å²) in [6.45, 7) is 2.12. The second-order valence-corrected chi connectivity index (χ2v) is 3.87. The summed E-state index contributed by atoms with van der Waals surface area (Å²) in [6.07, 6.45) is 0.294. The van der Waals surface area contributed by atoms with Crippen LogP contribution >= 0.6 is 0 Å². The molecule has 1 aromatic carbocycles. The van der Waals surface area contributed by atoms with Crippen LogP contribution in [0.5, 0.6) is 5.75 Å².